The molecule has 1 nitrogen and oxygen atoms in total. The third-order valence-corrected chi connectivity index (χ3v) is 3.24. The summed E-state index contributed by atoms with van der Waals surface area (Å²) in [5.41, 5.74) is 2.14. The molecule has 1 atom stereocenters. The van der Waals surface area contributed by atoms with E-state index in [1.54, 1.807) is 7.05 Å². The Labute approximate surface area is 113 Å². The Kier molecular flexibility index (Phi) is 5.02. The van der Waals surface area contributed by atoms with Gasteiger partial charge in [-0.05, 0) is 30.0 Å². The maximum absolute atomic E-state index is 12.3. The van der Waals surface area contributed by atoms with Gasteiger partial charge in [-0.15, -0.1) is 0 Å². The zero-order chi connectivity index (χ0) is 14.7. The SMILES string of the molecule is CNC(CCC(F)(F)F)c1ccc(C(C)(C)C)cc1. The Bertz CT molecular complexity index is 387. The summed E-state index contributed by atoms with van der Waals surface area (Å²) < 4.78 is 36.8. The van der Waals surface area contributed by atoms with Crippen LogP contribution in [0.4, 0.5) is 13.2 Å². The van der Waals surface area contributed by atoms with Crippen LogP contribution in [0, 0.1) is 0 Å². The number of benzene rings is 1. The molecule has 4 heteroatoms. The molecule has 1 aromatic carbocycles. The maximum Gasteiger partial charge on any atom is 0.389 e. The number of halogens is 3. The molecule has 0 heterocycles. The van der Waals surface area contributed by atoms with Crippen LogP contribution in [0.15, 0.2) is 24.3 Å². The van der Waals surface area contributed by atoms with Gasteiger partial charge < -0.3 is 5.32 Å². The summed E-state index contributed by atoms with van der Waals surface area (Å²) >= 11 is 0. The first-order valence-electron chi connectivity index (χ1n) is 6.48. The minimum atomic E-state index is -4.10. The van der Waals surface area contributed by atoms with Crippen molar-refractivity contribution in [2.24, 2.45) is 0 Å². The summed E-state index contributed by atoms with van der Waals surface area (Å²) in [6.45, 7) is 6.34. The lowest BCUT2D eigenvalue weighted by molar-refractivity contribution is -0.136. The lowest BCUT2D eigenvalue weighted by Gasteiger charge is -2.22. The van der Waals surface area contributed by atoms with Crippen LogP contribution in [-0.2, 0) is 5.41 Å². The molecule has 1 aromatic rings. The van der Waals surface area contributed by atoms with E-state index < -0.39 is 12.6 Å². The standard InChI is InChI=1S/C15H22F3N/c1-14(2,3)12-7-5-11(6-8-12)13(19-4)9-10-15(16,17)18/h5-8,13,19H,9-10H2,1-4H3. The second-order valence-electron chi connectivity index (χ2n) is 5.87. The highest BCUT2D eigenvalue weighted by molar-refractivity contribution is 5.29. The minimum Gasteiger partial charge on any atom is -0.313 e. The highest BCUT2D eigenvalue weighted by Gasteiger charge is 2.28. The quantitative estimate of drug-likeness (QED) is 0.846. The maximum atomic E-state index is 12.3. The molecule has 0 spiro atoms. The van der Waals surface area contributed by atoms with Gasteiger partial charge in [0.1, 0.15) is 0 Å². The number of hydrogen-bond acceptors (Lipinski definition) is 1. The van der Waals surface area contributed by atoms with Crippen molar-refractivity contribution >= 4 is 0 Å². The van der Waals surface area contributed by atoms with Gasteiger partial charge in [0.05, 0.1) is 0 Å². The summed E-state index contributed by atoms with van der Waals surface area (Å²) in [5, 5.41) is 2.95. The van der Waals surface area contributed by atoms with E-state index in [0.29, 0.717) is 0 Å². The van der Waals surface area contributed by atoms with Crippen molar-refractivity contribution in [2.45, 2.75) is 51.2 Å². The smallest absolute Gasteiger partial charge is 0.313 e. The fourth-order valence-electron chi connectivity index (χ4n) is 2.00. The molecule has 0 aliphatic carbocycles. The van der Waals surface area contributed by atoms with Gasteiger partial charge in [-0.3, -0.25) is 0 Å². The number of rotatable bonds is 4. The van der Waals surface area contributed by atoms with E-state index in [4.69, 9.17) is 0 Å². The van der Waals surface area contributed by atoms with Crippen molar-refractivity contribution in [1.29, 1.82) is 0 Å². The first kappa shape index (κ1) is 16.0. The highest BCUT2D eigenvalue weighted by atomic mass is 19.4. The summed E-state index contributed by atoms with van der Waals surface area (Å²) in [7, 11) is 1.69. The molecule has 0 aromatic heterocycles. The normalized spacial score (nSPS) is 14.5. The van der Waals surface area contributed by atoms with E-state index >= 15 is 0 Å². The summed E-state index contributed by atoms with van der Waals surface area (Å²) in [6, 6.07) is 7.56. The van der Waals surface area contributed by atoms with Crippen LogP contribution in [0.1, 0.15) is 50.8 Å². The van der Waals surface area contributed by atoms with Crippen LogP contribution in [0.25, 0.3) is 0 Å². The Hall–Kier alpha value is -1.03. The molecule has 0 fully saturated rings. The molecule has 0 aliphatic heterocycles. The Morgan fingerprint density at radius 2 is 1.58 bits per heavy atom. The lowest BCUT2D eigenvalue weighted by atomic mass is 9.86. The molecular formula is C15H22F3N. The van der Waals surface area contributed by atoms with Gasteiger partial charge in [0.25, 0.3) is 0 Å². The summed E-state index contributed by atoms with van der Waals surface area (Å²) in [5.74, 6) is 0. The zero-order valence-corrected chi connectivity index (χ0v) is 11.9. The number of hydrogen-bond donors (Lipinski definition) is 1. The van der Waals surface area contributed by atoms with Gasteiger partial charge in [-0.2, -0.15) is 13.2 Å². The average Bonchev–Trinajstić information content (AvgIpc) is 2.28. The van der Waals surface area contributed by atoms with Crippen LogP contribution in [0.3, 0.4) is 0 Å². The Morgan fingerprint density at radius 1 is 1.05 bits per heavy atom. The predicted octanol–water partition coefficient (Wildman–Crippen LogP) is 4.59. The lowest BCUT2D eigenvalue weighted by Crippen LogP contribution is -2.20. The third-order valence-electron chi connectivity index (χ3n) is 3.24. The first-order chi connectivity index (χ1) is 8.63. The Balaban J connectivity index is 2.77. The second-order valence-corrected chi connectivity index (χ2v) is 5.87. The van der Waals surface area contributed by atoms with Gasteiger partial charge >= 0.3 is 6.18 Å². The summed E-state index contributed by atoms with van der Waals surface area (Å²) in [6.07, 6.45) is -4.80. The Morgan fingerprint density at radius 3 is 1.95 bits per heavy atom. The molecule has 0 radical (unpaired) electrons. The van der Waals surface area contributed by atoms with Crippen molar-refractivity contribution in [3.8, 4) is 0 Å². The molecular weight excluding hydrogens is 251 g/mol. The largest absolute Gasteiger partial charge is 0.389 e. The van der Waals surface area contributed by atoms with Gasteiger partial charge in [0.2, 0.25) is 0 Å². The van der Waals surface area contributed by atoms with Crippen LogP contribution in [0.2, 0.25) is 0 Å². The van der Waals surface area contributed by atoms with Crippen molar-refractivity contribution in [3.05, 3.63) is 35.4 Å². The second kappa shape index (κ2) is 5.95. The number of alkyl halides is 3. The van der Waals surface area contributed by atoms with Crippen molar-refractivity contribution in [3.63, 3.8) is 0 Å². The van der Waals surface area contributed by atoms with Crippen LogP contribution in [0.5, 0.6) is 0 Å². The molecule has 1 unspecified atom stereocenters. The third kappa shape index (κ3) is 5.23. The fraction of sp³-hybridized carbons (Fsp3) is 0.600. The molecule has 0 saturated carbocycles. The van der Waals surface area contributed by atoms with Crippen molar-refractivity contribution < 1.29 is 13.2 Å². The molecule has 1 rings (SSSR count). The molecule has 1 N–H and O–H groups in total. The first-order valence-corrected chi connectivity index (χ1v) is 6.48. The van der Waals surface area contributed by atoms with E-state index in [0.717, 1.165) is 5.56 Å². The molecule has 19 heavy (non-hydrogen) atoms. The predicted molar refractivity (Wildman–Crippen MR) is 72.2 cm³/mol. The van der Waals surface area contributed by atoms with E-state index in [1.165, 1.54) is 5.56 Å². The fourth-order valence-corrected chi connectivity index (χ4v) is 2.00. The molecule has 0 aliphatic rings. The van der Waals surface area contributed by atoms with Gasteiger partial charge in [-0.25, -0.2) is 0 Å². The molecule has 0 amide bonds. The molecule has 108 valence electrons. The van der Waals surface area contributed by atoms with Gasteiger partial charge in [-0.1, -0.05) is 45.0 Å². The van der Waals surface area contributed by atoms with Gasteiger partial charge in [0, 0.05) is 12.5 Å². The zero-order valence-electron chi connectivity index (χ0n) is 11.9. The van der Waals surface area contributed by atoms with Crippen LogP contribution < -0.4 is 5.32 Å². The van der Waals surface area contributed by atoms with Crippen LogP contribution >= 0.6 is 0 Å². The molecule has 0 saturated heterocycles. The van der Waals surface area contributed by atoms with E-state index in [9.17, 15) is 13.2 Å². The monoisotopic (exact) mass is 273 g/mol. The highest BCUT2D eigenvalue weighted by Crippen LogP contribution is 2.29. The number of nitrogens with one attached hydrogen (secondary N) is 1. The molecule has 0 bridgehead atoms. The minimum absolute atomic E-state index is 0.0552. The van der Waals surface area contributed by atoms with Gasteiger partial charge in [0.15, 0.2) is 0 Å². The van der Waals surface area contributed by atoms with E-state index in [-0.39, 0.29) is 17.9 Å². The van der Waals surface area contributed by atoms with E-state index in [2.05, 4.69) is 26.1 Å². The van der Waals surface area contributed by atoms with Crippen molar-refractivity contribution in [1.82, 2.24) is 5.32 Å². The van der Waals surface area contributed by atoms with Crippen LogP contribution in [-0.4, -0.2) is 13.2 Å². The topological polar surface area (TPSA) is 12.0 Å². The average molecular weight is 273 g/mol. The van der Waals surface area contributed by atoms with E-state index in [1.807, 2.05) is 24.3 Å². The summed E-state index contributed by atoms with van der Waals surface area (Å²) in [4.78, 5) is 0. The van der Waals surface area contributed by atoms with Crippen molar-refractivity contribution in [2.75, 3.05) is 7.05 Å².